The second kappa shape index (κ2) is 5.64. The molecule has 3 heteroatoms. The van der Waals surface area contributed by atoms with E-state index in [1.165, 1.54) is 21.9 Å². The molecule has 2 aromatic heterocycles. The summed E-state index contributed by atoms with van der Waals surface area (Å²) >= 11 is 6.19. The van der Waals surface area contributed by atoms with Crippen LogP contribution in [0, 0.1) is 5.82 Å². The smallest absolute Gasteiger partial charge is 0.142 e. The van der Waals surface area contributed by atoms with E-state index in [4.69, 9.17) is 11.6 Å². The number of fused-ring (bicyclic) bond motifs is 6. The summed E-state index contributed by atoms with van der Waals surface area (Å²) in [7, 11) is 0. The molecule has 0 amide bonds. The van der Waals surface area contributed by atoms with Crippen molar-refractivity contribution >= 4 is 49.7 Å². The summed E-state index contributed by atoms with van der Waals surface area (Å²) in [6.07, 6.45) is 0. The van der Waals surface area contributed by atoms with Crippen molar-refractivity contribution in [2.75, 3.05) is 0 Å². The number of aromatic nitrogens is 1. The molecular weight excluding hydrogens is 381 g/mol. The molecule has 0 saturated carbocycles. The minimum atomic E-state index is -0.371. The van der Waals surface area contributed by atoms with E-state index in [-0.39, 0.29) is 21.7 Å². The molecular formula is C26H25ClFN. The van der Waals surface area contributed by atoms with Gasteiger partial charge >= 0.3 is 0 Å². The molecule has 0 aliphatic carbocycles. The highest BCUT2D eigenvalue weighted by atomic mass is 35.5. The molecule has 0 spiro atoms. The molecule has 0 radical (unpaired) electrons. The van der Waals surface area contributed by atoms with E-state index in [1.807, 2.05) is 0 Å². The molecule has 1 nitrogen and oxygen atoms in total. The average Bonchev–Trinajstić information content (AvgIpc) is 3.11. The molecule has 0 unspecified atom stereocenters. The second-order valence-corrected chi connectivity index (χ2v) is 10.7. The number of nitrogens with zero attached hydrogens (tertiary/aromatic N) is 1. The second-order valence-electron chi connectivity index (χ2n) is 10.3. The topological polar surface area (TPSA) is 4.41 Å². The molecule has 3 aromatic carbocycles. The lowest BCUT2D eigenvalue weighted by Gasteiger charge is -2.20. The summed E-state index contributed by atoms with van der Waals surface area (Å²) in [6.45, 7) is 13.4. The Morgan fingerprint density at radius 1 is 0.690 bits per heavy atom. The molecule has 5 rings (SSSR count). The molecule has 0 aliphatic rings. The van der Waals surface area contributed by atoms with Gasteiger partial charge in [-0.1, -0.05) is 59.2 Å². The molecule has 29 heavy (non-hydrogen) atoms. The van der Waals surface area contributed by atoms with Crippen LogP contribution in [0.15, 0.2) is 42.5 Å². The van der Waals surface area contributed by atoms with E-state index in [2.05, 4.69) is 76.3 Å². The third kappa shape index (κ3) is 2.58. The Morgan fingerprint density at radius 3 is 1.83 bits per heavy atom. The van der Waals surface area contributed by atoms with E-state index in [9.17, 15) is 4.39 Å². The highest BCUT2D eigenvalue weighted by Crippen LogP contribution is 2.43. The van der Waals surface area contributed by atoms with E-state index >= 15 is 0 Å². The van der Waals surface area contributed by atoms with Gasteiger partial charge in [0.15, 0.2) is 0 Å². The van der Waals surface area contributed by atoms with Gasteiger partial charge in [-0.05, 0) is 58.4 Å². The zero-order valence-corrected chi connectivity index (χ0v) is 18.5. The molecule has 0 saturated heterocycles. The normalized spacial score (nSPS) is 13.5. The Kier molecular flexibility index (Phi) is 3.63. The first-order valence-electron chi connectivity index (χ1n) is 10.1. The minimum absolute atomic E-state index is 0.00548. The Bertz CT molecular complexity index is 1430. The molecule has 0 N–H and O–H groups in total. The number of halogens is 2. The van der Waals surface area contributed by atoms with E-state index in [0.29, 0.717) is 0 Å². The van der Waals surface area contributed by atoms with E-state index in [1.54, 1.807) is 12.1 Å². The Balaban J connectivity index is 2.07. The fourth-order valence-electron chi connectivity index (χ4n) is 4.44. The standard InChI is InChI=1S/C26H25ClFN/c1-25(2,3)14-7-8-22-16(9-14)18-10-15(26(4,5)6)11-19-17-12-21(28)20(27)13-23(17)29(22)24(18)19/h7-13H,1-6H3. The van der Waals surface area contributed by atoms with Gasteiger partial charge in [-0.25, -0.2) is 4.39 Å². The maximum Gasteiger partial charge on any atom is 0.142 e. The van der Waals surface area contributed by atoms with Crippen LogP contribution in [-0.4, -0.2) is 4.40 Å². The van der Waals surface area contributed by atoms with Crippen LogP contribution in [0.3, 0.4) is 0 Å². The van der Waals surface area contributed by atoms with Crippen molar-refractivity contribution in [3.8, 4) is 0 Å². The zero-order valence-electron chi connectivity index (χ0n) is 17.7. The lowest BCUT2D eigenvalue weighted by molar-refractivity contribution is 0.590. The molecule has 0 fully saturated rings. The fraction of sp³-hybridized carbons (Fsp3) is 0.308. The van der Waals surface area contributed by atoms with Gasteiger partial charge in [-0.15, -0.1) is 0 Å². The molecule has 0 aliphatic heterocycles. The number of hydrogen-bond donors (Lipinski definition) is 0. The van der Waals surface area contributed by atoms with Crippen molar-refractivity contribution in [3.63, 3.8) is 0 Å². The van der Waals surface area contributed by atoms with Crippen LogP contribution in [0.25, 0.3) is 38.1 Å². The third-order valence-corrected chi connectivity index (χ3v) is 6.45. The van der Waals surface area contributed by atoms with Crippen LogP contribution in [0.4, 0.5) is 4.39 Å². The van der Waals surface area contributed by atoms with Gasteiger partial charge in [0.05, 0.1) is 21.6 Å². The van der Waals surface area contributed by atoms with Crippen LogP contribution >= 0.6 is 11.6 Å². The summed E-state index contributed by atoms with van der Waals surface area (Å²) in [6, 6.07) is 14.6. The Labute approximate surface area is 175 Å². The van der Waals surface area contributed by atoms with Gasteiger partial charge < -0.3 is 4.40 Å². The zero-order chi connectivity index (χ0) is 20.9. The van der Waals surface area contributed by atoms with Crippen molar-refractivity contribution in [1.29, 1.82) is 0 Å². The summed E-state index contributed by atoms with van der Waals surface area (Å²) in [5.74, 6) is -0.371. The summed E-state index contributed by atoms with van der Waals surface area (Å²) in [4.78, 5) is 0. The fourth-order valence-corrected chi connectivity index (χ4v) is 4.60. The van der Waals surface area contributed by atoms with Gasteiger partial charge in [-0.3, -0.25) is 0 Å². The molecule has 5 aromatic rings. The van der Waals surface area contributed by atoms with E-state index in [0.717, 1.165) is 27.3 Å². The first-order chi connectivity index (χ1) is 13.5. The largest absolute Gasteiger partial charge is 0.308 e. The number of rotatable bonds is 0. The van der Waals surface area contributed by atoms with Gasteiger partial charge in [0.1, 0.15) is 5.82 Å². The Morgan fingerprint density at radius 2 is 1.24 bits per heavy atom. The van der Waals surface area contributed by atoms with Crippen molar-refractivity contribution in [2.45, 2.75) is 52.4 Å². The van der Waals surface area contributed by atoms with Crippen LogP contribution in [-0.2, 0) is 10.8 Å². The highest BCUT2D eigenvalue weighted by molar-refractivity contribution is 6.32. The molecule has 148 valence electrons. The van der Waals surface area contributed by atoms with Crippen molar-refractivity contribution in [2.24, 2.45) is 0 Å². The van der Waals surface area contributed by atoms with Crippen LogP contribution in [0.1, 0.15) is 52.7 Å². The van der Waals surface area contributed by atoms with Crippen LogP contribution in [0.5, 0.6) is 0 Å². The van der Waals surface area contributed by atoms with Crippen LogP contribution < -0.4 is 0 Å². The number of hydrogen-bond acceptors (Lipinski definition) is 0. The number of benzene rings is 3. The average molecular weight is 406 g/mol. The maximum absolute atomic E-state index is 14.4. The monoisotopic (exact) mass is 405 g/mol. The summed E-state index contributed by atoms with van der Waals surface area (Å²) in [5, 5.41) is 4.63. The van der Waals surface area contributed by atoms with Gasteiger partial charge in [0.2, 0.25) is 0 Å². The van der Waals surface area contributed by atoms with Gasteiger partial charge in [-0.2, -0.15) is 0 Å². The summed E-state index contributed by atoms with van der Waals surface area (Å²) < 4.78 is 16.6. The van der Waals surface area contributed by atoms with Gasteiger partial charge in [0, 0.05) is 21.5 Å². The molecule has 0 atom stereocenters. The first-order valence-corrected chi connectivity index (χ1v) is 10.5. The van der Waals surface area contributed by atoms with Crippen molar-refractivity contribution < 1.29 is 4.39 Å². The Hall–Kier alpha value is -2.32. The van der Waals surface area contributed by atoms with Crippen molar-refractivity contribution in [1.82, 2.24) is 4.40 Å². The molecule has 2 heterocycles. The minimum Gasteiger partial charge on any atom is -0.308 e. The predicted molar refractivity (Wildman–Crippen MR) is 123 cm³/mol. The molecule has 0 bridgehead atoms. The SMILES string of the molecule is CC(C)(C)c1ccc2c(c1)c1cc(C(C)(C)C)cc3c4cc(F)c(Cl)cc4n2c13. The van der Waals surface area contributed by atoms with E-state index < -0.39 is 0 Å². The van der Waals surface area contributed by atoms with Gasteiger partial charge in [0.25, 0.3) is 0 Å². The lowest BCUT2D eigenvalue weighted by Crippen LogP contribution is -2.11. The highest BCUT2D eigenvalue weighted by Gasteiger charge is 2.24. The third-order valence-electron chi connectivity index (χ3n) is 6.16. The summed E-state index contributed by atoms with van der Waals surface area (Å²) in [5.41, 5.74) is 5.88. The first kappa shape index (κ1) is 18.7. The maximum atomic E-state index is 14.4. The lowest BCUT2D eigenvalue weighted by atomic mass is 9.84. The quantitative estimate of drug-likeness (QED) is 0.244. The van der Waals surface area contributed by atoms with Crippen molar-refractivity contribution in [3.05, 3.63) is 64.4 Å². The predicted octanol–water partition coefficient (Wildman–Crippen LogP) is 8.22. The van der Waals surface area contributed by atoms with Crippen LogP contribution in [0.2, 0.25) is 5.02 Å².